The lowest BCUT2D eigenvalue weighted by Gasteiger charge is -2.28. The molecule has 0 saturated carbocycles. The van der Waals surface area contributed by atoms with Gasteiger partial charge in [-0.2, -0.15) is 4.98 Å². The molecule has 0 radical (unpaired) electrons. The first-order valence-corrected chi connectivity index (χ1v) is 11.3. The molecule has 0 N–H and O–H groups in total. The van der Waals surface area contributed by atoms with E-state index in [2.05, 4.69) is 81.8 Å². The molecule has 0 spiro atoms. The number of benzene rings is 1. The van der Waals surface area contributed by atoms with Crippen LogP contribution in [0.5, 0.6) is 0 Å². The van der Waals surface area contributed by atoms with Gasteiger partial charge in [-0.1, -0.05) is 56.7 Å². The topological polar surface area (TPSA) is 82.1 Å². The molecule has 30 heavy (non-hydrogen) atoms. The second-order valence-electron chi connectivity index (χ2n) is 8.29. The van der Waals surface area contributed by atoms with Crippen molar-refractivity contribution < 1.29 is 9.26 Å². The van der Waals surface area contributed by atoms with Crippen LogP contribution in [-0.2, 0) is 22.3 Å². The van der Waals surface area contributed by atoms with Gasteiger partial charge in [0.15, 0.2) is 11.0 Å². The minimum atomic E-state index is -0.142. The largest absolute Gasteiger partial charge is 0.378 e. The van der Waals surface area contributed by atoms with Crippen molar-refractivity contribution >= 4 is 17.7 Å². The number of aromatic nitrogens is 5. The smallest absolute Gasteiger partial charge is 0.237 e. The average Bonchev–Trinajstić information content (AvgIpc) is 3.40. The van der Waals surface area contributed by atoms with E-state index in [4.69, 9.17) is 9.26 Å². The number of morpholine rings is 1. The summed E-state index contributed by atoms with van der Waals surface area (Å²) in [5.41, 5.74) is 2.19. The van der Waals surface area contributed by atoms with Crippen LogP contribution in [0, 0.1) is 0 Å². The minimum Gasteiger partial charge on any atom is -0.378 e. The molecular formula is C21H28N6O2S. The highest BCUT2D eigenvalue weighted by atomic mass is 32.2. The van der Waals surface area contributed by atoms with E-state index < -0.39 is 0 Å². The fraction of sp³-hybridized carbons (Fsp3) is 0.524. The first kappa shape index (κ1) is 20.9. The van der Waals surface area contributed by atoms with Crippen molar-refractivity contribution in [1.29, 1.82) is 0 Å². The summed E-state index contributed by atoms with van der Waals surface area (Å²) in [5, 5.41) is 13.9. The van der Waals surface area contributed by atoms with Crippen molar-refractivity contribution in [2.45, 2.75) is 50.4 Å². The Labute approximate surface area is 181 Å². The molecule has 0 atom stereocenters. The highest BCUT2D eigenvalue weighted by molar-refractivity contribution is 7.98. The van der Waals surface area contributed by atoms with E-state index in [-0.39, 0.29) is 5.41 Å². The van der Waals surface area contributed by atoms with Crippen LogP contribution in [0.4, 0.5) is 5.95 Å². The molecule has 8 nitrogen and oxygen atoms in total. The van der Waals surface area contributed by atoms with Gasteiger partial charge in [0, 0.05) is 18.5 Å². The normalized spacial score (nSPS) is 15.0. The predicted octanol–water partition coefficient (Wildman–Crippen LogP) is 3.64. The fourth-order valence-corrected chi connectivity index (χ4v) is 3.99. The van der Waals surface area contributed by atoms with Crippen LogP contribution in [0.25, 0.3) is 5.69 Å². The van der Waals surface area contributed by atoms with Crippen molar-refractivity contribution in [3.05, 3.63) is 41.5 Å². The molecule has 9 heteroatoms. The molecule has 0 aliphatic carbocycles. The lowest BCUT2D eigenvalue weighted by Crippen LogP contribution is -2.37. The zero-order valence-corrected chi connectivity index (χ0v) is 18.8. The molecule has 2 aromatic heterocycles. The van der Waals surface area contributed by atoms with Gasteiger partial charge in [0.1, 0.15) is 0 Å². The number of ether oxygens (including phenoxy) is 1. The molecule has 1 saturated heterocycles. The van der Waals surface area contributed by atoms with Gasteiger partial charge in [0.2, 0.25) is 11.8 Å². The lowest BCUT2D eigenvalue weighted by molar-refractivity contribution is 0.122. The molecule has 1 aromatic carbocycles. The second-order valence-corrected chi connectivity index (χ2v) is 9.23. The van der Waals surface area contributed by atoms with E-state index >= 15 is 0 Å². The van der Waals surface area contributed by atoms with Gasteiger partial charge in [-0.25, -0.2) is 0 Å². The number of hydrogen-bond donors (Lipinski definition) is 0. The molecule has 3 aromatic rings. The third kappa shape index (κ3) is 4.52. The molecule has 1 aliphatic rings. The summed E-state index contributed by atoms with van der Waals surface area (Å²) < 4.78 is 13.1. The number of hydrogen-bond acceptors (Lipinski definition) is 8. The van der Waals surface area contributed by atoms with Gasteiger partial charge >= 0.3 is 0 Å². The van der Waals surface area contributed by atoms with E-state index in [1.807, 2.05) is 0 Å². The predicted molar refractivity (Wildman–Crippen MR) is 116 cm³/mol. The Bertz CT molecular complexity index is 988. The van der Waals surface area contributed by atoms with Gasteiger partial charge in [0.25, 0.3) is 0 Å². The zero-order valence-electron chi connectivity index (χ0n) is 18.0. The van der Waals surface area contributed by atoms with Crippen molar-refractivity contribution in [2.24, 2.45) is 0 Å². The first-order valence-electron chi connectivity index (χ1n) is 10.3. The molecule has 4 rings (SSSR count). The van der Waals surface area contributed by atoms with E-state index in [1.165, 1.54) is 5.56 Å². The number of aryl methyl sites for hydroxylation is 1. The number of nitrogens with zero attached hydrogens (tertiary/aromatic N) is 6. The Morgan fingerprint density at radius 3 is 2.63 bits per heavy atom. The van der Waals surface area contributed by atoms with Crippen molar-refractivity contribution in [3.63, 3.8) is 0 Å². The Morgan fingerprint density at radius 2 is 1.93 bits per heavy atom. The molecule has 0 amide bonds. The monoisotopic (exact) mass is 428 g/mol. The second kappa shape index (κ2) is 8.77. The van der Waals surface area contributed by atoms with Crippen molar-refractivity contribution in [2.75, 3.05) is 31.2 Å². The van der Waals surface area contributed by atoms with Gasteiger partial charge in [-0.3, -0.25) is 4.57 Å². The third-order valence-electron chi connectivity index (χ3n) is 4.95. The Hall–Kier alpha value is -2.39. The van der Waals surface area contributed by atoms with Crippen LogP contribution in [-0.4, -0.2) is 51.2 Å². The van der Waals surface area contributed by atoms with Crippen molar-refractivity contribution in [3.8, 4) is 5.69 Å². The van der Waals surface area contributed by atoms with Gasteiger partial charge in [0.05, 0.1) is 24.7 Å². The maximum atomic E-state index is 5.51. The molecular weight excluding hydrogens is 400 g/mol. The molecule has 1 fully saturated rings. The molecule has 160 valence electrons. The van der Waals surface area contributed by atoms with E-state index in [0.717, 1.165) is 36.3 Å². The van der Waals surface area contributed by atoms with Gasteiger partial charge in [-0.15, -0.1) is 10.2 Å². The number of rotatable bonds is 6. The van der Waals surface area contributed by atoms with Crippen LogP contribution in [0.15, 0.2) is 33.9 Å². The molecule has 1 aliphatic heterocycles. The maximum Gasteiger partial charge on any atom is 0.237 e. The summed E-state index contributed by atoms with van der Waals surface area (Å²) in [5.74, 6) is 2.69. The quantitative estimate of drug-likeness (QED) is 0.551. The summed E-state index contributed by atoms with van der Waals surface area (Å²) in [4.78, 5) is 6.77. The standard InChI is InChI=1S/C21H28N6O2S/c1-5-15-7-6-8-16(13-15)27-19(26-9-11-28-12-10-26)23-24-20(27)30-14-17-22-18(25-29-17)21(2,3)4/h6-8,13H,5,9-12,14H2,1-4H3. The Kier molecular flexibility index (Phi) is 6.10. The average molecular weight is 429 g/mol. The van der Waals surface area contributed by atoms with Gasteiger partial charge < -0.3 is 14.2 Å². The lowest BCUT2D eigenvalue weighted by atomic mass is 9.96. The van der Waals surface area contributed by atoms with E-state index in [1.54, 1.807) is 11.8 Å². The minimum absolute atomic E-state index is 0.142. The van der Waals surface area contributed by atoms with Crippen LogP contribution >= 0.6 is 11.8 Å². The maximum absolute atomic E-state index is 5.51. The third-order valence-corrected chi connectivity index (χ3v) is 5.86. The molecule has 3 heterocycles. The summed E-state index contributed by atoms with van der Waals surface area (Å²) in [6, 6.07) is 8.52. The highest BCUT2D eigenvalue weighted by Crippen LogP contribution is 2.30. The summed E-state index contributed by atoms with van der Waals surface area (Å²) >= 11 is 1.55. The van der Waals surface area contributed by atoms with Crippen LogP contribution in [0.1, 0.15) is 45.0 Å². The first-order chi connectivity index (χ1) is 14.5. The van der Waals surface area contributed by atoms with Crippen LogP contribution in [0.3, 0.4) is 0 Å². The Balaban J connectivity index is 1.63. The summed E-state index contributed by atoms with van der Waals surface area (Å²) in [6.07, 6.45) is 0.975. The highest BCUT2D eigenvalue weighted by Gasteiger charge is 2.24. The SMILES string of the molecule is CCc1cccc(-n2c(SCc3nc(C(C)(C)C)no3)nnc2N2CCOCC2)c1. The number of thioether (sulfide) groups is 1. The van der Waals surface area contributed by atoms with E-state index in [0.29, 0.717) is 30.7 Å². The van der Waals surface area contributed by atoms with Crippen molar-refractivity contribution in [1.82, 2.24) is 24.9 Å². The fourth-order valence-electron chi connectivity index (χ4n) is 3.21. The molecule has 0 bridgehead atoms. The van der Waals surface area contributed by atoms with Gasteiger partial charge in [-0.05, 0) is 24.1 Å². The summed E-state index contributed by atoms with van der Waals surface area (Å²) in [6.45, 7) is 11.4. The number of anilines is 1. The molecule has 0 unspecified atom stereocenters. The van der Waals surface area contributed by atoms with Crippen LogP contribution < -0.4 is 4.90 Å². The van der Waals surface area contributed by atoms with Crippen LogP contribution in [0.2, 0.25) is 0 Å². The summed E-state index contributed by atoms with van der Waals surface area (Å²) in [7, 11) is 0. The van der Waals surface area contributed by atoms with E-state index in [9.17, 15) is 0 Å². The Morgan fingerprint density at radius 1 is 1.13 bits per heavy atom. The zero-order chi connectivity index (χ0) is 21.1.